The lowest BCUT2D eigenvalue weighted by atomic mass is 9.92. The molecule has 2 aromatic rings. The second-order valence-corrected chi connectivity index (χ2v) is 5.77. The molecule has 2 rings (SSSR count). The Labute approximate surface area is 118 Å². The van der Waals surface area contributed by atoms with Gasteiger partial charge in [0.1, 0.15) is 12.1 Å². The monoisotopic (exact) mass is 276 g/mol. The van der Waals surface area contributed by atoms with Gasteiger partial charge in [0.05, 0.1) is 5.69 Å². The summed E-state index contributed by atoms with van der Waals surface area (Å²) in [5.41, 5.74) is 1.73. The molecule has 0 aliphatic carbocycles. The zero-order chi connectivity index (χ0) is 14.9. The van der Waals surface area contributed by atoms with E-state index in [4.69, 9.17) is 5.11 Å². The van der Waals surface area contributed by atoms with E-state index in [1.165, 1.54) is 0 Å². The maximum absolute atomic E-state index is 11.0. The van der Waals surface area contributed by atoms with Crippen LogP contribution in [0, 0.1) is 0 Å². The summed E-state index contributed by atoms with van der Waals surface area (Å²) >= 11 is 0. The van der Waals surface area contributed by atoms with Crippen LogP contribution < -0.4 is 4.90 Å². The molecule has 20 heavy (non-hydrogen) atoms. The summed E-state index contributed by atoms with van der Waals surface area (Å²) in [6, 6.07) is 1.98. The quantitative estimate of drug-likeness (QED) is 0.924. The lowest BCUT2D eigenvalue weighted by Crippen LogP contribution is -2.30. The Kier molecular flexibility index (Phi) is 3.65. The van der Waals surface area contributed by atoms with Crippen molar-refractivity contribution in [2.45, 2.75) is 33.1 Å². The Hall–Kier alpha value is -2.11. The Bertz CT molecular complexity index is 628. The summed E-state index contributed by atoms with van der Waals surface area (Å²) in [6.07, 6.45) is 3.43. The molecule has 0 amide bonds. The summed E-state index contributed by atoms with van der Waals surface area (Å²) in [7, 11) is 0. The van der Waals surface area contributed by atoms with Crippen molar-refractivity contribution in [3.63, 3.8) is 0 Å². The van der Waals surface area contributed by atoms with E-state index in [0.717, 1.165) is 11.2 Å². The molecular weight excluding hydrogens is 256 g/mol. The zero-order valence-corrected chi connectivity index (χ0v) is 12.3. The van der Waals surface area contributed by atoms with Crippen molar-refractivity contribution in [2.75, 3.05) is 18.0 Å². The summed E-state index contributed by atoms with van der Waals surface area (Å²) in [6.45, 7) is 8.70. The summed E-state index contributed by atoms with van der Waals surface area (Å²) in [5, 5.41) is 13.5. The van der Waals surface area contributed by atoms with Gasteiger partial charge in [0, 0.05) is 24.4 Å². The van der Waals surface area contributed by atoms with Crippen LogP contribution in [0.2, 0.25) is 0 Å². The highest BCUT2D eigenvalue weighted by Crippen LogP contribution is 2.26. The number of fused-ring (bicyclic) bond motifs is 1. The van der Waals surface area contributed by atoms with Crippen molar-refractivity contribution in [2.24, 2.45) is 0 Å². The third kappa shape index (κ3) is 2.74. The van der Waals surface area contributed by atoms with Gasteiger partial charge in [-0.1, -0.05) is 20.8 Å². The van der Waals surface area contributed by atoms with Crippen LogP contribution in [0.4, 0.5) is 5.82 Å². The van der Waals surface area contributed by atoms with Crippen LogP contribution in [-0.2, 0) is 10.2 Å². The number of likely N-dealkylation sites (N-methyl/N-ethyl adjacent to an activating group) is 1. The van der Waals surface area contributed by atoms with E-state index >= 15 is 0 Å². The van der Waals surface area contributed by atoms with Crippen molar-refractivity contribution >= 4 is 17.3 Å². The second kappa shape index (κ2) is 5.11. The minimum Gasteiger partial charge on any atom is -0.480 e. The molecule has 2 aromatic heterocycles. The molecule has 0 saturated heterocycles. The predicted octanol–water partition coefficient (Wildman–Crippen LogP) is 1.94. The summed E-state index contributed by atoms with van der Waals surface area (Å²) in [4.78, 5) is 17.0. The minimum atomic E-state index is -0.869. The normalized spacial score (nSPS) is 11.8. The van der Waals surface area contributed by atoms with Gasteiger partial charge in [-0.15, -0.1) is 0 Å². The van der Waals surface area contributed by atoms with E-state index in [0.29, 0.717) is 12.4 Å². The Balaban J connectivity index is 2.53. The van der Waals surface area contributed by atoms with Crippen molar-refractivity contribution in [1.82, 2.24) is 14.6 Å². The van der Waals surface area contributed by atoms with Gasteiger partial charge in [-0.05, 0) is 13.0 Å². The van der Waals surface area contributed by atoms with Gasteiger partial charge >= 0.3 is 5.97 Å². The molecule has 0 saturated carbocycles. The molecule has 6 nitrogen and oxygen atoms in total. The molecule has 108 valence electrons. The highest BCUT2D eigenvalue weighted by molar-refractivity contribution is 5.77. The van der Waals surface area contributed by atoms with Crippen molar-refractivity contribution < 1.29 is 9.90 Å². The predicted molar refractivity (Wildman–Crippen MR) is 77.2 cm³/mol. The number of hydrogen-bond donors (Lipinski definition) is 1. The van der Waals surface area contributed by atoms with E-state index in [9.17, 15) is 4.79 Å². The average Bonchev–Trinajstić information content (AvgIpc) is 2.79. The van der Waals surface area contributed by atoms with Gasteiger partial charge in [-0.3, -0.25) is 4.79 Å². The first-order valence-electron chi connectivity index (χ1n) is 6.64. The number of hydrogen-bond acceptors (Lipinski definition) is 4. The smallest absolute Gasteiger partial charge is 0.323 e. The number of nitrogens with zero attached hydrogens (tertiary/aromatic N) is 4. The van der Waals surface area contributed by atoms with E-state index in [1.54, 1.807) is 21.8 Å². The van der Waals surface area contributed by atoms with Crippen LogP contribution in [0.5, 0.6) is 0 Å². The fourth-order valence-corrected chi connectivity index (χ4v) is 2.02. The summed E-state index contributed by atoms with van der Waals surface area (Å²) < 4.78 is 1.76. The highest BCUT2D eigenvalue weighted by Gasteiger charge is 2.21. The van der Waals surface area contributed by atoms with Crippen LogP contribution in [0.15, 0.2) is 18.5 Å². The van der Waals surface area contributed by atoms with E-state index in [-0.39, 0.29) is 12.0 Å². The molecule has 0 unspecified atom stereocenters. The van der Waals surface area contributed by atoms with Crippen molar-refractivity contribution in [1.29, 1.82) is 0 Å². The van der Waals surface area contributed by atoms with Crippen LogP contribution in [0.1, 0.15) is 33.4 Å². The molecule has 1 N–H and O–H groups in total. The molecule has 0 spiro atoms. The number of anilines is 1. The SMILES string of the molecule is CCN(CC(=O)O)c1nccn2nc(C(C)(C)C)cc12. The highest BCUT2D eigenvalue weighted by atomic mass is 16.4. The van der Waals surface area contributed by atoms with Gasteiger partial charge in [0.25, 0.3) is 0 Å². The van der Waals surface area contributed by atoms with Gasteiger partial charge in [0.15, 0.2) is 5.82 Å². The topological polar surface area (TPSA) is 70.7 Å². The molecule has 0 aliphatic heterocycles. The Morgan fingerprint density at radius 1 is 1.45 bits per heavy atom. The van der Waals surface area contributed by atoms with Crippen molar-refractivity contribution in [3.05, 3.63) is 24.2 Å². The first-order chi connectivity index (χ1) is 9.32. The fraction of sp³-hybridized carbons (Fsp3) is 0.500. The number of aromatic nitrogens is 3. The average molecular weight is 276 g/mol. The van der Waals surface area contributed by atoms with Crippen LogP contribution >= 0.6 is 0 Å². The van der Waals surface area contributed by atoms with Crippen LogP contribution in [0.25, 0.3) is 5.52 Å². The molecule has 0 aromatic carbocycles. The van der Waals surface area contributed by atoms with E-state index in [2.05, 4.69) is 30.9 Å². The third-order valence-electron chi connectivity index (χ3n) is 3.15. The van der Waals surface area contributed by atoms with Gasteiger partial charge < -0.3 is 10.0 Å². The molecular formula is C14H20N4O2. The van der Waals surface area contributed by atoms with E-state index in [1.807, 2.05) is 13.0 Å². The Morgan fingerprint density at radius 3 is 2.70 bits per heavy atom. The molecule has 0 bridgehead atoms. The Morgan fingerprint density at radius 2 is 2.15 bits per heavy atom. The largest absolute Gasteiger partial charge is 0.480 e. The number of carbonyl (C=O) groups is 1. The maximum Gasteiger partial charge on any atom is 0.323 e. The lowest BCUT2D eigenvalue weighted by molar-refractivity contribution is -0.135. The number of aliphatic carboxylic acids is 1. The third-order valence-corrected chi connectivity index (χ3v) is 3.15. The van der Waals surface area contributed by atoms with Gasteiger partial charge in [0.2, 0.25) is 0 Å². The fourth-order valence-electron chi connectivity index (χ4n) is 2.02. The molecule has 6 heteroatoms. The minimum absolute atomic E-state index is 0.0624. The molecule has 0 radical (unpaired) electrons. The molecule has 2 heterocycles. The van der Waals surface area contributed by atoms with Crippen molar-refractivity contribution in [3.8, 4) is 0 Å². The molecule has 0 atom stereocenters. The van der Waals surface area contributed by atoms with Gasteiger partial charge in [-0.25, -0.2) is 9.50 Å². The van der Waals surface area contributed by atoms with E-state index < -0.39 is 5.97 Å². The van der Waals surface area contributed by atoms with Gasteiger partial charge in [-0.2, -0.15) is 5.10 Å². The molecule has 0 aliphatic rings. The summed E-state index contributed by atoms with van der Waals surface area (Å²) in [5.74, 6) is -0.216. The maximum atomic E-state index is 11.0. The van der Waals surface area contributed by atoms with Crippen LogP contribution in [0.3, 0.4) is 0 Å². The first-order valence-corrected chi connectivity index (χ1v) is 6.64. The molecule has 0 fully saturated rings. The number of carboxylic acid groups (broad SMARTS) is 1. The first kappa shape index (κ1) is 14.3. The standard InChI is InChI=1S/C14H20N4O2/c1-5-17(9-12(19)20)13-10-8-11(14(2,3)4)16-18(10)7-6-15-13/h6-8H,5,9H2,1-4H3,(H,19,20). The zero-order valence-electron chi connectivity index (χ0n) is 12.3. The second-order valence-electron chi connectivity index (χ2n) is 5.77. The van der Waals surface area contributed by atoms with Crippen LogP contribution in [-0.4, -0.2) is 38.8 Å². The lowest BCUT2D eigenvalue weighted by Gasteiger charge is -2.19. The number of rotatable bonds is 4. The number of carboxylic acids is 1.